The van der Waals surface area contributed by atoms with Gasteiger partial charge in [0.05, 0.1) is 6.61 Å². The van der Waals surface area contributed by atoms with Crippen molar-refractivity contribution in [1.29, 1.82) is 0 Å². The van der Waals surface area contributed by atoms with E-state index in [1.807, 2.05) is 32.2 Å². The van der Waals surface area contributed by atoms with Gasteiger partial charge in [0.25, 0.3) is 5.91 Å². The fraction of sp³-hybridized carbons (Fsp3) is 0.522. The summed E-state index contributed by atoms with van der Waals surface area (Å²) in [5.41, 5.74) is 2.82. The minimum absolute atomic E-state index is 0.167. The van der Waals surface area contributed by atoms with E-state index in [4.69, 9.17) is 4.74 Å². The number of hydrogen-bond acceptors (Lipinski definition) is 4. The molecule has 1 amide bonds. The highest BCUT2D eigenvalue weighted by Crippen LogP contribution is 2.29. The van der Waals surface area contributed by atoms with Crippen LogP contribution in [0.3, 0.4) is 0 Å². The molecule has 29 heavy (non-hydrogen) atoms. The molecule has 2 heterocycles. The zero-order chi connectivity index (χ0) is 20.8. The summed E-state index contributed by atoms with van der Waals surface area (Å²) in [5.74, 6) is 0.201. The molecule has 1 saturated carbocycles. The summed E-state index contributed by atoms with van der Waals surface area (Å²) >= 11 is 0. The summed E-state index contributed by atoms with van der Waals surface area (Å²) < 4.78 is 7.24. The number of ether oxygens (including phenoxy) is 1. The molecule has 0 bridgehead atoms. The summed E-state index contributed by atoms with van der Waals surface area (Å²) in [6, 6.07) is 5.33. The van der Waals surface area contributed by atoms with Crippen molar-refractivity contribution < 1.29 is 9.53 Å². The van der Waals surface area contributed by atoms with Crippen molar-refractivity contribution in [2.45, 2.75) is 58.5 Å². The van der Waals surface area contributed by atoms with Crippen LogP contribution in [0, 0.1) is 12.8 Å². The number of rotatable bonds is 8. The van der Waals surface area contributed by atoms with Gasteiger partial charge in [-0.1, -0.05) is 31.7 Å². The largest absolute Gasteiger partial charge is 0.383 e. The van der Waals surface area contributed by atoms with Crippen LogP contribution >= 0.6 is 0 Å². The van der Waals surface area contributed by atoms with Gasteiger partial charge < -0.3 is 14.6 Å². The van der Waals surface area contributed by atoms with E-state index in [1.54, 1.807) is 19.4 Å². The van der Waals surface area contributed by atoms with Gasteiger partial charge in [0.2, 0.25) is 0 Å². The molecule has 2 aromatic heterocycles. The van der Waals surface area contributed by atoms with E-state index in [2.05, 4.69) is 14.9 Å². The molecule has 1 aliphatic carbocycles. The highest BCUT2D eigenvalue weighted by atomic mass is 16.5. The van der Waals surface area contributed by atoms with Crippen LogP contribution in [0.5, 0.6) is 0 Å². The molecule has 6 heteroatoms. The molecule has 156 valence electrons. The van der Waals surface area contributed by atoms with Crippen LogP contribution in [-0.2, 0) is 17.7 Å². The van der Waals surface area contributed by atoms with E-state index in [-0.39, 0.29) is 22.9 Å². The first kappa shape index (κ1) is 21.2. The first-order valence-electron chi connectivity index (χ1n) is 10.4. The Morgan fingerprint density at radius 1 is 1.38 bits per heavy atom. The van der Waals surface area contributed by atoms with Crippen LogP contribution in [0.1, 0.15) is 59.9 Å². The summed E-state index contributed by atoms with van der Waals surface area (Å²) in [5, 5.41) is 2.92. The van der Waals surface area contributed by atoms with Gasteiger partial charge in [0, 0.05) is 49.5 Å². The van der Waals surface area contributed by atoms with E-state index in [0.29, 0.717) is 19.1 Å². The Hall–Kier alpha value is -2.47. The number of carbonyl (C=O) groups excluding carboxylic acids is 1. The minimum atomic E-state index is -0.313. The molecule has 0 radical (unpaired) electrons. The van der Waals surface area contributed by atoms with E-state index >= 15 is 0 Å². The summed E-state index contributed by atoms with van der Waals surface area (Å²) in [6.45, 7) is 4.81. The summed E-state index contributed by atoms with van der Waals surface area (Å²) in [7, 11) is 1.60. The van der Waals surface area contributed by atoms with Gasteiger partial charge in [-0.3, -0.25) is 14.6 Å². The second-order valence-corrected chi connectivity index (χ2v) is 8.10. The summed E-state index contributed by atoms with van der Waals surface area (Å²) in [4.78, 5) is 30.2. The quantitative estimate of drug-likeness (QED) is 0.743. The first-order valence-corrected chi connectivity index (χ1v) is 10.4. The maximum absolute atomic E-state index is 13.1. The predicted octanol–water partition coefficient (Wildman–Crippen LogP) is 3.10. The van der Waals surface area contributed by atoms with Crippen molar-refractivity contribution in [3.63, 3.8) is 0 Å². The fourth-order valence-corrected chi connectivity index (χ4v) is 4.25. The van der Waals surface area contributed by atoms with Gasteiger partial charge in [-0.15, -0.1) is 0 Å². The lowest BCUT2D eigenvalue weighted by molar-refractivity contribution is 0.0902. The molecule has 6 nitrogen and oxygen atoms in total. The standard InChI is InChI=1S/C23H31N3O3/c1-16(15-29-3)25-23(28)22-20(12-18-7-4-5-8-18)26(17(2)11-21(22)27)14-19-9-6-10-24-13-19/h6,9-11,13,16,18H,4-5,7-8,12,14-15H2,1-3H3,(H,25,28)/t16-/m1/s1. The molecule has 1 atom stereocenters. The number of amides is 1. The molecular weight excluding hydrogens is 366 g/mol. The van der Waals surface area contributed by atoms with Crippen molar-refractivity contribution >= 4 is 5.91 Å². The number of nitrogens with zero attached hydrogens (tertiary/aromatic N) is 2. The third-order valence-corrected chi connectivity index (χ3v) is 5.67. The Morgan fingerprint density at radius 2 is 2.14 bits per heavy atom. The van der Waals surface area contributed by atoms with Gasteiger partial charge in [-0.2, -0.15) is 0 Å². The molecule has 3 rings (SSSR count). The smallest absolute Gasteiger partial charge is 0.257 e. The van der Waals surface area contributed by atoms with E-state index in [0.717, 1.165) is 36.2 Å². The van der Waals surface area contributed by atoms with Crippen LogP contribution in [-0.4, -0.2) is 35.2 Å². The van der Waals surface area contributed by atoms with Crippen molar-refractivity contribution in [2.75, 3.05) is 13.7 Å². The van der Waals surface area contributed by atoms with Gasteiger partial charge in [0.1, 0.15) is 5.56 Å². The maximum Gasteiger partial charge on any atom is 0.257 e. The van der Waals surface area contributed by atoms with Crippen molar-refractivity contribution in [3.8, 4) is 0 Å². The third-order valence-electron chi connectivity index (χ3n) is 5.67. The van der Waals surface area contributed by atoms with Crippen LogP contribution < -0.4 is 10.7 Å². The number of nitrogens with one attached hydrogen (secondary N) is 1. The molecule has 0 saturated heterocycles. The Labute approximate surface area is 172 Å². The fourth-order valence-electron chi connectivity index (χ4n) is 4.25. The zero-order valence-electron chi connectivity index (χ0n) is 17.6. The summed E-state index contributed by atoms with van der Waals surface area (Å²) in [6.07, 6.45) is 9.06. The van der Waals surface area contributed by atoms with Gasteiger partial charge in [-0.25, -0.2) is 0 Å². The van der Waals surface area contributed by atoms with Gasteiger partial charge in [-0.05, 0) is 37.8 Å². The molecule has 0 unspecified atom stereocenters. The SMILES string of the molecule is COC[C@@H](C)NC(=O)c1c(CC2CCCC2)n(Cc2cccnc2)c(C)cc1=O. The van der Waals surface area contributed by atoms with Crippen molar-refractivity contribution in [1.82, 2.24) is 14.9 Å². The number of hydrogen-bond donors (Lipinski definition) is 1. The van der Waals surface area contributed by atoms with Gasteiger partial charge in [0.15, 0.2) is 5.43 Å². The molecular formula is C23H31N3O3. The lowest BCUT2D eigenvalue weighted by atomic mass is 9.96. The molecule has 0 aromatic carbocycles. The predicted molar refractivity (Wildman–Crippen MR) is 113 cm³/mol. The molecule has 0 aliphatic heterocycles. The number of aryl methyl sites for hydroxylation is 1. The topological polar surface area (TPSA) is 73.2 Å². The average molecular weight is 398 g/mol. The Morgan fingerprint density at radius 3 is 2.79 bits per heavy atom. The number of methoxy groups -OCH3 is 1. The van der Waals surface area contributed by atoms with Crippen LogP contribution in [0.25, 0.3) is 0 Å². The van der Waals surface area contributed by atoms with Crippen LogP contribution in [0.4, 0.5) is 0 Å². The van der Waals surface area contributed by atoms with E-state index in [9.17, 15) is 9.59 Å². The molecule has 1 aliphatic rings. The zero-order valence-corrected chi connectivity index (χ0v) is 17.6. The van der Waals surface area contributed by atoms with Crippen LogP contribution in [0.15, 0.2) is 35.4 Å². The monoisotopic (exact) mass is 397 g/mol. The van der Waals surface area contributed by atoms with Crippen molar-refractivity contribution in [2.24, 2.45) is 5.92 Å². The minimum Gasteiger partial charge on any atom is -0.383 e. The highest BCUT2D eigenvalue weighted by Gasteiger charge is 2.25. The van der Waals surface area contributed by atoms with E-state index < -0.39 is 0 Å². The molecule has 2 aromatic rings. The molecule has 0 spiro atoms. The molecule has 1 fully saturated rings. The second kappa shape index (κ2) is 9.83. The Kier molecular flexibility index (Phi) is 7.20. The maximum atomic E-state index is 13.1. The average Bonchev–Trinajstić information content (AvgIpc) is 3.19. The van der Waals surface area contributed by atoms with Gasteiger partial charge >= 0.3 is 0 Å². The number of pyridine rings is 2. The Balaban J connectivity index is 2.03. The Bertz CT molecular complexity index is 886. The van der Waals surface area contributed by atoms with Crippen molar-refractivity contribution in [3.05, 3.63) is 63.3 Å². The van der Waals surface area contributed by atoms with E-state index in [1.165, 1.54) is 12.8 Å². The normalized spacial score (nSPS) is 15.4. The third kappa shape index (κ3) is 5.32. The highest BCUT2D eigenvalue weighted by molar-refractivity contribution is 5.95. The first-order chi connectivity index (χ1) is 14.0. The number of aromatic nitrogens is 2. The number of carbonyl (C=O) groups is 1. The second-order valence-electron chi connectivity index (χ2n) is 8.10. The lowest BCUT2D eigenvalue weighted by Gasteiger charge is -2.23. The van der Waals surface area contributed by atoms with Crippen LogP contribution in [0.2, 0.25) is 0 Å². The molecule has 1 N–H and O–H groups in total. The lowest BCUT2D eigenvalue weighted by Crippen LogP contribution is -2.40.